The summed E-state index contributed by atoms with van der Waals surface area (Å²) in [4.78, 5) is 25.3. The van der Waals surface area contributed by atoms with Crippen LogP contribution in [0.5, 0.6) is 0 Å². The molecule has 0 bridgehead atoms. The van der Waals surface area contributed by atoms with E-state index in [0.29, 0.717) is 18.5 Å². The highest BCUT2D eigenvalue weighted by molar-refractivity contribution is 5.89. The standard InChI is InChI=1S/C31H35F4N5O/c32-27-8-7-24(19-26(27)31(33,34)35)38-29(41)40(16-4-15-39-13-1-2-14-39)25-9-10-30(20-23(30)18-25)22-6-3-5-21(17-22)28-36-11-12-37-28/h3,5-8,11-12,17,19,23,25H,1-2,4,9-10,13-16,18,20H2,(H,36,37)(H,38,41)/t23?,25-,30-/m1/s1. The number of carbonyl (C=O) groups is 1. The van der Waals surface area contributed by atoms with Crippen LogP contribution < -0.4 is 5.32 Å². The van der Waals surface area contributed by atoms with Gasteiger partial charge >= 0.3 is 12.2 Å². The molecule has 6 nitrogen and oxygen atoms in total. The number of imidazole rings is 1. The molecule has 2 heterocycles. The smallest absolute Gasteiger partial charge is 0.345 e. The summed E-state index contributed by atoms with van der Waals surface area (Å²) < 4.78 is 53.7. The molecular weight excluding hydrogens is 534 g/mol. The lowest BCUT2D eigenvalue weighted by Gasteiger charge is -2.37. The number of hydrogen-bond acceptors (Lipinski definition) is 3. The Morgan fingerprint density at radius 1 is 1.17 bits per heavy atom. The molecule has 3 aromatic rings. The zero-order valence-corrected chi connectivity index (χ0v) is 22.9. The number of urea groups is 1. The van der Waals surface area contributed by atoms with E-state index in [4.69, 9.17) is 0 Å². The van der Waals surface area contributed by atoms with Gasteiger partial charge in [0.25, 0.3) is 0 Å². The summed E-state index contributed by atoms with van der Waals surface area (Å²) in [5, 5.41) is 2.65. The van der Waals surface area contributed by atoms with E-state index in [2.05, 4.69) is 38.4 Å². The number of aromatic nitrogens is 2. The number of aromatic amines is 1. The number of fused-ring (bicyclic) bond motifs is 1. The predicted octanol–water partition coefficient (Wildman–Crippen LogP) is 7.06. The predicted molar refractivity (Wildman–Crippen MR) is 149 cm³/mol. The Balaban J connectivity index is 1.17. The van der Waals surface area contributed by atoms with Gasteiger partial charge in [-0.2, -0.15) is 13.2 Å². The summed E-state index contributed by atoms with van der Waals surface area (Å²) in [5.41, 5.74) is 1.00. The van der Waals surface area contributed by atoms with Gasteiger partial charge in [0.05, 0.1) is 5.56 Å². The maximum absolute atomic E-state index is 13.8. The van der Waals surface area contributed by atoms with Gasteiger partial charge < -0.3 is 20.1 Å². The number of carbonyl (C=O) groups excluding carboxylic acids is 1. The minimum Gasteiger partial charge on any atom is -0.345 e. The number of H-pyrrole nitrogens is 1. The molecule has 2 aliphatic carbocycles. The van der Waals surface area contributed by atoms with E-state index >= 15 is 0 Å². The van der Waals surface area contributed by atoms with Gasteiger partial charge in [0, 0.05) is 36.2 Å². The molecule has 0 spiro atoms. The van der Waals surface area contributed by atoms with Crippen LogP contribution in [-0.2, 0) is 11.6 Å². The number of amides is 2. The number of anilines is 1. The molecule has 3 fully saturated rings. The van der Waals surface area contributed by atoms with Gasteiger partial charge in [-0.1, -0.05) is 18.2 Å². The number of nitrogens with zero attached hydrogens (tertiary/aromatic N) is 3. The van der Waals surface area contributed by atoms with Crippen molar-refractivity contribution in [2.75, 3.05) is 31.5 Å². The highest BCUT2D eigenvalue weighted by Gasteiger charge is 2.58. The second-order valence-corrected chi connectivity index (χ2v) is 11.7. The van der Waals surface area contributed by atoms with Crippen molar-refractivity contribution < 1.29 is 22.4 Å². The number of likely N-dealkylation sites (tertiary alicyclic amines) is 1. The van der Waals surface area contributed by atoms with Gasteiger partial charge in [-0.3, -0.25) is 0 Å². The number of hydrogen-bond donors (Lipinski definition) is 2. The molecule has 218 valence electrons. The van der Waals surface area contributed by atoms with E-state index in [9.17, 15) is 22.4 Å². The lowest BCUT2D eigenvalue weighted by molar-refractivity contribution is -0.139. The molecule has 2 amide bonds. The SMILES string of the molecule is O=C(Nc1ccc(F)c(C(F)(F)F)c1)N(CCCN1CCCC1)[C@@H]1CC[C@]2(c3cccc(-c4ncc[nH]4)c3)CC2C1. The number of halogens is 4. The first kappa shape index (κ1) is 27.8. The fourth-order valence-corrected chi connectivity index (χ4v) is 6.98. The number of benzene rings is 2. The first-order chi connectivity index (χ1) is 19.7. The Morgan fingerprint density at radius 3 is 2.73 bits per heavy atom. The van der Waals surface area contributed by atoms with E-state index < -0.39 is 23.6 Å². The van der Waals surface area contributed by atoms with Crippen molar-refractivity contribution in [2.45, 2.75) is 62.6 Å². The van der Waals surface area contributed by atoms with Crippen LogP contribution in [0.15, 0.2) is 54.9 Å². The van der Waals surface area contributed by atoms with E-state index in [1.54, 1.807) is 6.20 Å². The van der Waals surface area contributed by atoms with Crippen LogP contribution in [-0.4, -0.2) is 58.0 Å². The summed E-state index contributed by atoms with van der Waals surface area (Å²) >= 11 is 0. The Bertz CT molecular complexity index is 1370. The van der Waals surface area contributed by atoms with Gasteiger partial charge in [0.1, 0.15) is 11.6 Å². The second kappa shape index (κ2) is 11.1. The molecule has 41 heavy (non-hydrogen) atoms. The van der Waals surface area contributed by atoms with Gasteiger partial charge in [0.2, 0.25) is 0 Å². The molecule has 6 rings (SSSR count). The van der Waals surface area contributed by atoms with Crippen molar-refractivity contribution in [3.63, 3.8) is 0 Å². The Kier molecular flexibility index (Phi) is 7.52. The normalized spacial score (nSPS) is 24.2. The zero-order chi connectivity index (χ0) is 28.6. The summed E-state index contributed by atoms with van der Waals surface area (Å²) in [7, 11) is 0. The summed E-state index contributed by atoms with van der Waals surface area (Å²) in [6.07, 6.45) is 5.53. The van der Waals surface area contributed by atoms with Crippen LogP contribution in [0.3, 0.4) is 0 Å². The van der Waals surface area contributed by atoms with Crippen molar-refractivity contribution in [3.05, 3.63) is 71.8 Å². The van der Waals surface area contributed by atoms with E-state index in [1.807, 2.05) is 17.2 Å². The average molecular weight is 570 g/mol. The first-order valence-corrected chi connectivity index (χ1v) is 14.5. The second-order valence-electron chi connectivity index (χ2n) is 11.7. The van der Waals surface area contributed by atoms with E-state index in [1.165, 1.54) is 24.5 Å². The number of alkyl halides is 3. The lowest BCUT2D eigenvalue weighted by Crippen LogP contribution is -2.46. The molecule has 1 unspecified atom stereocenters. The largest absolute Gasteiger partial charge is 0.419 e. The third-order valence-corrected chi connectivity index (χ3v) is 9.22. The number of rotatable bonds is 8. The monoisotopic (exact) mass is 569 g/mol. The van der Waals surface area contributed by atoms with Crippen LogP contribution in [0, 0.1) is 11.7 Å². The topological polar surface area (TPSA) is 64.3 Å². The molecular formula is C31H35F4N5O. The van der Waals surface area contributed by atoms with Gasteiger partial charge in [-0.05, 0) is 106 Å². The van der Waals surface area contributed by atoms with Crippen molar-refractivity contribution in [1.29, 1.82) is 0 Å². The van der Waals surface area contributed by atoms with Crippen LogP contribution in [0.25, 0.3) is 11.4 Å². The molecule has 3 atom stereocenters. The highest BCUT2D eigenvalue weighted by atomic mass is 19.4. The van der Waals surface area contributed by atoms with Crippen LogP contribution in [0.2, 0.25) is 0 Å². The maximum Gasteiger partial charge on any atom is 0.419 e. The summed E-state index contributed by atoms with van der Waals surface area (Å²) in [6.45, 7) is 3.53. The van der Waals surface area contributed by atoms with Crippen molar-refractivity contribution >= 4 is 11.7 Å². The van der Waals surface area contributed by atoms with Crippen molar-refractivity contribution in [2.24, 2.45) is 5.92 Å². The van der Waals surface area contributed by atoms with Gasteiger partial charge in [-0.25, -0.2) is 14.2 Å². The van der Waals surface area contributed by atoms with E-state index in [-0.39, 0.29) is 17.1 Å². The zero-order valence-electron chi connectivity index (χ0n) is 22.9. The molecule has 10 heteroatoms. The minimum absolute atomic E-state index is 0.00926. The first-order valence-electron chi connectivity index (χ1n) is 14.5. The van der Waals surface area contributed by atoms with Crippen molar-refractivity contribution in [1.82, 2.24) is 19.8 Å². The van der Waals surface area contributed by atoms with Crippen molar-refractivity contribution in [3.8, 4) is 11.4 Å². The number of nitrogens with one attached hydrogen (secondary N) is 2. The van der Waals surface area contributed by atoms with Crippen LogP contribution >= 0.6 is 0 Å². The van der Waals surface area contributed by atoms with E-state index in [0.717, 1.165) is 69.2 Å². The summed E-state index contributed by atoms with van der Waals surface area (Å²) in [5.74, 6) is -0.0828. The maximum atomic E-state index is 13.8. The Labute approximate surface area is 237 Å². The fourth-order valence-electron chi connectivity index (χ4n) is 6.98. The van der Waals surface area contributed by atoms with Crippen LogP contribution in [0.1, 0.15) is 56.1 Å². The molecule has 1 saturated heterocycles. The highest BCUT2D eigenvalue weighted by Crippen LogP contribution is 2.63. The Morgan fingerprint density at radius 2 is 2.00 bits per heavy atom. The molecule has 2 saturated carbocycles. The Hall–Kier alpha value is -3.40. The molecule has 1 aromatic heterocycles. The van der Waals surface area contributed by atoms with Gasteiger partial charge in [-0.15, -0.1) is 0 Å². The van der Waals surface area contributed by atoms with Gasteiger partial charge in [0.15, 0.2) is 0 Å². The molecule has 0 radical (unpaired) electrons. The minimum atomic E-state index is -4.84. The lowest BCUT2D eigenvalue weighted by atomic mass is 9.80. The molecule has 2 aromatic carbocycles. The molecule has 2 N–H and O–H groups in total. The fraction of sp³-hybridized carbons (Fsp3) is 0.484. The third-order valence-electron chi connectivity index (χ3n) is 9.22. The third kappa shape index (κ3) is 5.84. The molecule has 1 aliphatic heterocycles. The molecule has 3 aliphatic rings. The summed E-state index contributed by atoms with van der Waals surface area (Å²) in [6, 6.07) is 10.7. The van der Waals surface area contributed by atoms with Crippen LogP contribution in [0.4, 0.5) is 28.0 Å². The quantitative estimate of drug-likeness (QED) is 0.286. The average Bonchev–Trinajstić information content (AvgIpc) is 3.28.